The van der Waals surface area contributed by atoms with Crippen molar-refractivity contribution < 1.29 is 23.9 Å². The van der Waals surface area contributed by atoms with Gasteiger partial charge in [0.1, 0.15) is 0 Å². The van der Waals surface area contributed by atoms with Crippen LogP contribution in [0.2, 0.25) is 0 Å². The lowest BCUT2D eigenvalue weighted by molar-refractivity contribution is -0.127. The first kappa shape index (κ1) is 21.1. The summed E-state index contributed by atoms with van der Waals surface area (Å²) in [5, 5.41) is 0. The van der Waals surface area contributed by atoms with Gasteiger partial charge in [-0.05, 0) is 40.5 Å². The highest BCUT2D eigenvalue weighted by atomic mass is 79.9. The molecule has 0 radical (unpaired) electrons. The molecule has 2 heterocycles. The molecule has 34 heavy (non-hydrogen) atoms. The Morgan fingerprint density at radius 1 is 0.794 bits per heavy atom. The minimum absolute atomic E-state index is 0.218. The van der Waals surface area contributed by atoms with Crippen molar-refractivity contribution >= 4 is 45.0 Å². The van der Waals surface area contributed by atoms with E-state index in [0.717, 1.165) is 10.5 Å². The number of ketones is 2. The highest BCUT2D eigenvalue weighted by molar-refractivity contribution is 9.10. The zero-order valence-corrected chi connectivity index (χ0v) is 19.6. The molecule has 3 atom stereocenters. The van der Waals surface area contributed by atoms with Crippen molar-refractivity contribution in [1.29, 1.82) is 0 Å². The highest BCUT2D eigenvalue weighted by Crippen LogP contribution is 2.58. The van der Waals surface area contributed by atoms with E-state index in [1.54, 1.807) is 48.5 Å². The fourth-order valence-corrected chi connectivity index (χ4v) is 5.91. The third-order valence-electron chi connectivity index (χ3n) is 7.02. The number of nitrogens with zero attached hydrogens (tertiary/aromatic N) is 1. The maximum absolute atomic E-state index is 13.9. The maximum Gasteiger partial charge on any atom is 0.241 e. The van der Waals surface area contributed by atoms with Crippen molar-refractivity contribution in [3.8, 4) is 0 Å². The van der Waals surface area contributed by atoms with E-state index in [-0.39, 0.29) is 11.1 Å². The Morgan fingerprint density at radius 3 is 2.00 bits per heavy atom. The summed E-state index contributed by atoms with van der Waals surface area (Å²) in [4.78, 5) is 56.2. The number of hydrogen-bond acceptors (Lipinski definition) is 5. The van der Waals surface area contributed by atoms with Crippen molar-refractivity contribution in [2.24, 2.45) is 11.8 Å². The second-order valence-electron chi connectivity index (χ2n) is 8.86. The first-order valence-electron chi connectivity index (χ1n) is 10.9. The second-order valence-corrected chi connectivity index (χ2v) is 9.71. The fraction of sp³-hybridized carbons (Fsp3) is 0.185. The van der Waals surface area contributed by atoms with E-state index in [1.807, 2.05) is 31.2 Å². The van der Waals surface area contributed by atoms with Crippen molar-refractivity contribution in [2.75, 3.05) is 4.90 Å². The monoisotopic (exact) mass is 515 g/mol. The number of hydrogen-bond donors (Lipinski definition) is 0. The molecule has 6 nitrogen and oxygen atoms in total. The third kappa shape index (κ3) is 2.59. The third-order valence-corrected chi connectivity index (χ3v) is 7.69. The van der Waals surface area contributed by atoms with E-state index in [9.17, 15) is 19.2 Å². The van der Waals surface area contributed by atoms with Crippen molar-refractivity contribution in [3.05, 3.63) is 99.5 Å². The Hall–Kier alpha value is -3.42. The van der Waals surface area contributed by atoms with Crippen LogP contribution in [0.3, 0.4) is 0 Å². The number of imide groups is 1. The topological polar surface area (TPSA) is 80.8 Å². The molecule has 0 saturated carbocycles. The number of carbonyl (C=O) groups excluding carboxylic acids is 4. The SMILES string of the molecule is Cc1ccc([C@H]2OC3(C(=O)c4ccccc4C3=O)[C@@H]3C(=O)N(c4ccccc4Br)C(=O)[C@@H]23)cc1. The summed E-state index contributed by atoms with van der Waals surface area (Å²) in [5.74, 6) is -4.48. The zero-order chi connectivity index (χ0) is 23.8. The van der Waals surface area contributed by atoms with Gasteiger partial charge in [0.2, 0.25) is 29.0 Å². The van der Waals surface area contributed by atoms with Gasteiger partial charge in [0.05, 0.1) is 23.6 Å². The zero-order valence-electron chi connectivity index (χ0n) is 18.0. The molecular formula is C27H18BrNO5. The molecule has 3 aromatic carbocycles. The van der Waals surface area contributed by atoms with Gasteiger partial charge in [-0.2, -0.15) is 0 Å². The van der Waals surface area contributed by atoms with E-state index in [0.29, 0.717) is 15.7 Å². The van der Waals surface area contributed by atoms with Crippen molar-refractivity contribution in [3.63, 3.8) is 0 Å². The molecule has 168 valence electrons. The first-order chi connectivity index (χ1) is 16.4. The number of ether oxygens (including phenoxy) is 1. The number of para-hydroxylation sites is 1. The van der Waals surface area contributed by atoms with Crippen molar-refractivity contribution in [1.82, 2.24) is 0 Å². The van der Waals surface area contributed by atoms with Gasteiger partial charge in [-0.25, -0.2) is 4.90 Å². The van der Waals surface area contributed by atoms with Gasteiger partial charge < -0.3 is 4.74 Å². The smallest absolute Gasteiger partial charge is 0.241 e. The highest BCUT2D eigenvalue weighted by Gasteiger charge is 2.74. The Kier molecular flexibility index (Phi) is 4.53. The predicted molar refractivity (Wildman–Crippen MR) is 126 cm³/mol. The van der Waals surface area contributed by atoms with Crippen LogP contribution in [0.5, 0.6) is 0 Å². The van der Waals surface area contributed by atoms with Crippen LogP contribution in [0.1, 0.15) is 37.9 Å². The van der Waals surface area contributed by atoms with Crippen LogP contribution in [-0.4, -0.2) is 29.0 Å². The summed E-state index contributed by atoms with van der Waals surface area (Å²) in [6.07, 6.45) is -0.920. The van der Waals surface area contributed by atoms with E-state index in [4.69, 9.17) is 4.74 Å². The average molecular weight is 516 g/mol. The molecule has 1 spiro atoms. The fourth-order valence-electron chi connectivity index (χ4n) is 5.44. The molecular weight excluding hydrogens is 498 g/mol. The molecule has 2 aliphatic heterocycles. The number of carbonyl (C=O) groups is 4. The van der Waals surface area contributed by atoms with Crippen LogP contribution in [-0.2, 0) is 14.3 Å². The van der Waals surface area contributed by atoms with Crippen LogP contribution >= 0.6 is 15.9 Å². The van der Waals surface area contributed by atoms with Gasteiger partial charge in [0.15, 0.2) is 0 Å². The molecule has 6 rings (SSSR count). The molecule has 3 aliphatic rings. The van der Waals surface area contributed by atoms with E-state index < -0.39 is 46.9 Å². The average Bonchev–Trinajstić information content (AvgIpc) is 3.40. The Balaban J connectivity index is 1.56. The first-order valence-corrected chi connectivity index (χ1v) is 11.7. The number of Topliss-reactive ketones (excluding diaryl/α,β-unsaturated/α-hetero) is 2. The molecule has 0 bridgehead atoms. The number of amides is 2. The summed E-state index contributed by atoms with van der Waals surface area (Å²) in [6, 6.07) is 20.7. The van der Waals surface area contributed by atoms with Crippen LogP contribution in [0.25, 0.3) is 0 Å². The summed E-state index contributed by atoms with van der Waals surface area (Å²) >= 11 is 3.42. The largest absolute Gasteiger partial charge is 0.349 e. The van der Waals surface area contributed by atoms with Crippen LogP contribution in [0.4, 0.5) is 5.69 Å². The molecule has 2 saturated heterocycles. The lowest BCUT2D eigenvalue weighted by Crippen LogP contribution is -2.51. The second kappa shape index (κ2) is 7.29. The van der Waals surface area contributed by atoms with Crippen LogP contribution in [0, 0.1) is 18.8 Å². The van der Waals surface area contributed by atoms with Gasteiger partial charge in [0.25, 0.3) is 0 Å². The number of fused-ring (bicyclic) bond motifs is 3. The van der Waals surface area contributed by atoms with E-state index >= 15 is 0 Å². The molecule has 7 heteroatoms. The molecule has 0 N–H and O–H groups in total. The van der Waals surface area contributed by atoms with Gasteiger partial charge >= 0.3 is 0 Å². The number of halogens is 1. The number of aryl methyl sites for hydroxylation is 1. The lowest BCUT2D eigenvalue weighted by atomic mass is 9.77. The number of benzene rings is 3. The molecule has 2 amide bonds. The Bertz CT molecular complexity index is 1380. The van der Waals surface area contributed by atoms with Gasteiger partial charge in [-0.3, -0.25) is 19.2 Å². The van der Waals surface area contributed by atoms with E-state index in [2.05, 4.69) is 15.9 Å². The summed E-state index contributed by atoms with van der Waals surface area (Å²) in [7, 11) is 0. The molecule has 3 aromatic rings. The van der Waals surface area contributed by atoms with Crippen molar-refractivity contribution in [2.45, 2.75) is 18.6 Å². The molecule has 1 aliphatic carbocycles. The predicted octanol–water partition coefficient (Wildman–Crippen LogP) is 4.45. The Morgan fingerprint density at radius 2 is 1.38 bits per heavy atom. The Labute approximate surface area is 203 Å². The summed E-state index contributed by atoms with van der Waals surface area (Å²) in [5.41, 5.74) is 0.402. The minimum atomic E-state index is -2.06. The molecule has 2 fully saturated rings. The lowest BCUT2D eigenvalue weighted by Gasteiger charge is -2.27. The molecule has 0 aromatic heterocycles. The number of rotatable bonds is 2. The quantitative estimate of drug-likeness (QED) is 0.372. The van der Waals surface area contributed by atoms with Gasteiger partial charge in [0, 0.05) is 15.6 Å². The molecule has 0 unspecified atom stereocenters. The van der Waals surface area contributed by atoms with E-state index in [1.165, 1.54) is 0 Å². The minimum Gasteiger partial charge on any atom is -0.349 e. The summed E-state index contributed by atoms with van der Waals surface area (Å²) in [6.45, 7) is 1.93. The van der Waals surface area contributed by atoms with Gasteiger partial charge in [-0.1, -0.05) is 66.2 Å². The summed E-state index contributed by atoms with van der Waals surface area (Å²) < 4.78 is 6.85. The number of anilines is 1. The standard InChI is InChI=1S/C27H18BrNO5/c1-14-10-12-15(13-11-14)22-20-21(26(33)29(25(20)32)19-9-5-4-8-18(19)28)27(34-22)23(30)16-6-2-3-7-17(16)24(27)31/h2-13,20-22H,1H3/t20-,21+,22-/m1/s1. The normalized spacial score (nSPS) is 24.8. The van der Waals surface area contributed by atoms with Crippen LogP contribution < -0.4 is 4.90 Å². The van der Waals surface area contributed by atoms with Crippen LogP contribution in [0.15, 0.2) is 77.3 Å². The van der Waals surface area contributed by atoms with Gasteiger partial charge in [-0.15, -0.1) is 0 Å². The maximum atomic E-state index is 13.9.